The summed E-state index contributed by atoms with van der Waals surface area (Å²) in [6, 6.07) is 0. The third-order valence-corrected chi connectivity index (χ3v) is 3.55. The fourth-order valence-corrected chi connectivity index (χ4v) is 2.50. The Labute approximate surface area is 128 Å². The predicted molar refractivity (Wildman–Crippen MR) is 79.6 cm³/mol. The first kappa shape index (κ1) is 14.8. The van der Waals surface area contributed by atoms with Crippen LogP contribution in [0.3, 0.4) is 0 Å². The Balaban J connectivity index is 1.64. The van der Waals surface area contributed by atoms with Gasteiger partial charge in [0, 0.05) is 18.3 Å². The number of carbonyl (C=O) groups excluding carboxylic acids is 1. The first-order chi connectivity index (χ1) is 10.4. The first-order valence-electron chi connectivity index (χ1n) is 7.24. The molecule has 0 radical (unpaired) electrons. The zero-order valence-corrected chi connectivity index (χ0v) is 13.0. The van der Waals surface area contributed by atoms with E-state index in [-0.39, 0.29) is 10.8 Å². The highest BCUT2D eigenvalue weighted by atomic mass is 16.6. The molecule has 0 aromatic rings. The Hall–Kier alpha value is -2.13. The van der Waals surface area contributed by atoms with Gasteiger partial charge in [-0.05, 0) is 25.5 Å². The molecule has 1 unspecified atom stereocenters. The number of nitrogens with zero attached hydrogens (tertiary/aromatic N) is 7. The van der Waals surface area contributed by atoms with Gasteiger partial charge in [-0.25, -0.2) is 4.79 Å². The number of fused-ring (bicyclic) bond motifs is 1. The molecule has 0 bridgehead atoms. The van der Waals surface area contributed by atoms with Crippen LogP contribution in [0.5, 0.6) is 0 Å². The van der Waals surface area contributed by atoms with Crippen molar-refractivity contribution >= 4 is 18.1 Å². The van der Waals surface area contributed by atoms with Crippen LogP contribution in [-0.2, 0) is 4.74 Å². The average molecular weight is 306 g/mol. The van der Waals surface area contributed by atoms with Gasteiger partial charge < -0.3 is 9.64 Å². The summed E-state index contributed by atoms with van der Waals surface area (Å²) in [7, 11) is 0. The number of quaternary nitrogens is 1. The van der Waals surface area contributed by atoms with Crippen molar-refractivity contribution < 1.29 is 14.2 Å². The topological polar surface area (TPSA) is 82.2 Å². The molecule has 0 saturated carbocycles. The SMILES string of the molecule is CC(C)(C)OC(=O)N1CCN([N+]23C=CN=CC2=NN=N3)CC1. The fourth-order valence-electron chi connectivity index (χ4n) is 2.50. The van der Waals surface area contributed by atoms with Crippen LogP contribution in [0.2, 0.25) is 0 Å². The minimum Gasteiger partial charge on any atom is -0.444 e. The lowest BCUT2D eigenvalue weighted by Gasteiger charge is -2.39. The molecule has 9 nitrogen and oxygen atoms in total. The van der Waals surface area contributed by atoms with E-state index in [0.717, 1.165) is 0 Å². The van der Waals surface area contributed by atoms with E-state index in [9.17, 15) is 4.79 Å². The second-order valence-electron chi connectivity index (χ2n) is 6.28. The maximum atomic E-state index is 12.1. The number of piperazine rings is 1. The molecule has 1 atom stereocenters. The molecular weight excluding hydrogens is 286 g/mol. The minimum absolute atomic E-state index is 0.103. The number of amidine groups is 1. The molecule has 0 aromatic carbocycles. The van der Waals surface area contributed by atoms with Gasteiger partial charge in [-0.1, -0.05) is 5.10 Å². The van der Waals surface area contributed by atoms with Gasteiger partial charge in [0.2, 0.25) is 0 Å². The number of aliphatic imine (C=N–C) groups is 1. The van der Waals surface area contributed by atoms with Crippen molar-refractivity contribution in [3.05, 3.63) is 12.4 Å². The van der Waals surface area contributed by atoms with Crippen molar-refractivity contribution in [2.75, 3.05) is 26.2 Å². The summed E-state index contributed by atoms with van der Waals surface area (Å²) in [6.45, 7) is 8.04. The molecule has 1 fully saturated rings. The van der Waals surface area contributed by atoms with Crippen LogP contribution in [0.15, 0.2) is 32.9 Å². The van der Waals surface area contributed by atoms with Gasteiger partial charge in [0.15, 0.2) is 6.20 Å². The molecule has 0 N–H and O–H groups in total. The molecule has 22 heavy (non-hydrogen) atoms. The average Bonchev–Trinajstić information content (AvgIpc) is 2.90. The van der Waals surface area contributed by atoms with E-state index in [4.69, 9.17) is 4.74 Å². The Morgan fingerprint density at radius 3 is 2.68 bits per heavy atom. The lowest BCUT2D eigenvalue weighted by atomic mass is 10.2. The molecule has 0 aromatic heterocycles. The molecule has 3 rings (SSSR count). The summed E-state index contributed by atoms with van der Waals surface area (Å²) >= 11 is 0. The van der Waals surface area contributed by atoms with E-state index in [2.05, 4.69) is 25.5 Å². The first-order valence-corrected chi connectivity index (χ1v) is 7.24. The maximum absolute atomic E-state index is 12.1. The highest BCUT2D eigenvalue weighted by Gasteiger charge is 2.47. The summed E-state index contributed by atoms with van der Waals surface area (Å²) in [4.78, 5) is 17.9. The van der Waals surface area contributed by atoms with Crippen molar-refractivity contribution in [1.82, 2.24) is 9.91 Å². The lowest BCUT2D eigenvalue weighted by molar-refractivity contribution is -0.921. The molecule has 3 heterocycles. The second kappa shape index (κ2) is 5.25. The van der Waals surface area contributed by atoms with Crippen molar-refractivity contribution in [1.29, 1.82) is 0 Å². The van der Waals surface area contributed by atoms with Crippen LogP contribution in [0.4, 0.5) is 4.79 Å². The molecule has 9 heteroatoms. The minimum atomic E-state index is -0.481. The third kappa shape index (κ3) is 2.64. The Bertz CT molecular complexity index is 582. The summed E-state index contributed by atoms with van der Waals surface area (Å²) < 4.78 is 5.51. The monoisotopic (exact) mass is 306 g/mol. The molecule has 3 aliphatic heterocycles. The van der Waals surface area contributed by atoms with E-state index < -0.39 is 5.60 Å². The summed E-state index contributed by atoms with van der Waals surface area (Å²) in [5.41, 5.74) is -0.481. The molecule has 0 aliphatic carbocycles. The molecule has 118 valence electrons. The molecule has 1 saturated heterocycles. The van der Waals surface area contributed by atoms with Crippen molar-refractivity contribution in [2.45, 2.75) is 26.4 Å². The number of amides is 1. The highest BCUT2D eigenvalue weighted by molar-refractivity contribution is 6.26. The fraction of sp³-hybridized carbons (Fsp3) is 0.615. The summed E-state index contributed by atoms with van der Waals surface area (Å²) in [6.07, 6.45) is 4.89. The quantitative estimate of drug-likeness (QED) is 0.689. The largest absolute Gasteiger partial charge is 0.444 e. The number of rotatable bonds is 1. The van der Waals surface area contributed by atoms with Crippen LogP contribution in [-0.4, -0.2) is 64.5 Å². The van der Waals surface area contributed by atoms with Crippen LogP contribution >= 0.6 is 0 Å². The smallest absolute Gasteiger partial charge is 0.410 e. The van der Waals surface area contributed by atoms with Gasteiger partial charge in [-0.2, -0.15) is 0 Å². The standard InChI is InChI=1S/C13H20N7O2/c1-13(2,3)22-12(21)18-5-7-19(8-6-18)20-9-4-14-10-11(20)15-16-17-20/h4,9-10H,5-8H2,1-3H3/q+1. The van der Waals surface area contributed by atoms with E-state index >= 15 is 0 Å². The third-order valence-electron chi connectivity index (χ3n) is 3.55. The van der Waals surface area contributed by atoms with Crippen LogP contribution < -0.4 is 0 Å². The Morgan fingerprint density at radius 1 is 1.27 bits per heavy atom. The van der Waals surface area contributed by atoms with Crippen LogP contribution in [0.25, 0.3) is 0 Å². The normalized spacial score (nSPS) is 27.8. The van der Waals surface area contributed by atoms with Gasteiger partial charge in [-0.3, -0.25) is 4.99 Å². The van der Waals surface area contributed by atoms with Gasteiger partial charge >= 0.3 is 11.9 Å². The number of carbonyl (C=O) groups is 1. The van der Waals surface area contributed by atoms with Gasteiger partial charge in [0.25, 0.3) is 0 Å². The number of hydrogen-bond acceptors (Lipinski definition) is 7. The number of ether oxygens (including phenoxy) is 1. The lowest BCUT2D eigenvalue weighted by Crippen LogP contribution is -2.62. The van der Waals surface area contributed by atoms with Crippen LogP contribution in [0, 0.1) is 0 Å². The predicted octanol–water partition coefficient (Wildman–Crippen LogP) is 1.52. The van der Waals surface area contributed by atoms with E-state index in [1.807, 2.05) is 27.0 Å². The maximum Gasteiger partial charge on any atom is 0.410 e. The van der Waals surface area contributed by atoms with Gasteiger partial charge in [-0.15, -0.1) is 5.01 Å². The molecule has 0 spiro atoms. The van der Waals surface area contributed by atoms with E-state index in [0.29, 0.717) is 32.0 Å². The van der Waals surface area contributed by atoms with Crippen molar-refractivity contribution in [3.63, 3.8) is 0 Å². The van der Waals surface area contributed by atoms with Gasteiger partial charge in [0.05, 0.1) is 24.5 Å². The Morgan fingerprint density at radius 2 is 2.00 bits per heavy atom. The zero-order chi connectivity index (χ0) is 15.8. The Kier molecular flexibility index (Phi) is 3.53. The zero-order valence-electron chi connectivity index (χ0n) is 13.0. The highest BCUT2D eigenvalue weighted by Crippen LogP contribution is 2.26. The van der Waals surface area contributed by atoms with Crippen molar-refractivity contribution in [3.8, 4) is 0 Å². The van der Waals surface area contributed by atoms with E-state index in [1.165, 1.54) is 0 Å². The summed E-state index contributed by atoms with van der Waals surface area (Å²) in [5, 5.41) is 14.1. The molecule has 3 aliphatic rings. The van der Waals surface area contributed by atoms with Gasteiger partial charge in [0.1, 0.15) is 11.8 Å². The number of hydrogen-bond donors (Lipinski definition) is 0. The van der Waals surface area contributed by atoms with E-state index in [1.54, 1.807) is 17.3 Å². The molecular formula is C13H20N7O2+. The van der Waals surface area contributed by atoms with Crippen molar-refractivity contribution in [2.24, 2.45) is 20.5 Å². The summed E-state index contributed by atoms with van der Waals surface area (Å²) in [5.74, 6) is 0.660. The van der Waals surface area contributed by atoms with Crippen LogP contribution in [0.1, 0.15) is 20.8 Å². The second-order valence-corrected chi connectivity index (χ2v) is 6.28. The molecule has 1 amide bonds.